The van der Waals surface area contributed by atoms with Gasteiger partial charge in [0.25, 0.3) is 0 Å². The lowest BCUT2D eigenvalue weighted by Gasteiger charge is -2.14. The number of hydrogen-bond acceptors (Lipinski definition) is 2. The van der Waals surface area contributed by atoms with Crippen molar-refractivity contribution in [3.8, 4) is 11.3 Å². The summed E-state index contributed by atoms with van der Waals surface area (Å²) in [4.78, 5) is 12.4. The van der Waals surface area contributed by atoms with Crippen LogP contribution in [0.1, 0.15) is 26.2 Å². The van der Waals surface area contributed by atoms with E-state index < -0.39 is 0 Å². The van der Waals surface area contributed by atoms with Crippen LogP contribution in [0.3, 0.4) is 0 Å². The van der Waals surface area contributed by atoms with Crippen LogP contribution in [0.4, 0.5) is 0 Å². The van der Waals surface area contributed by atoms with Crippen molar-refractivity contribution in [1.29, 1.82) is 0 Å². The summed E-state index contributed by atoms with van der Waals surface area (Å²) < 4.78 is 7.56. The monoisotopic (exact) mass is 331 g/mol. The summed E-state index contributed by atoms with van der Waals surface area (Å²) in [5.41, 5.74) is 5.32. The molecule has 1 aliphatic carbocycles. The average molecular weight is 331 g/mol. The Morgan fingerprint density at radius 1 is 1.04 bits per heavy atom. The largest absolute Gasteiger partial charge is 0.463 e. The highest BCUT2D eigenvalue weighted by molar-refractivity contribution is 5.99. The van der Waals surface area contributed by atoms with Crippen LogP contribution >= 0.6 is 0 Å². The van der Waals surface area contributed by atoms with Crippen LogP contribution in [0, 0.1) is 0 Å². The number of aromatic nitrogens is 1. The van der Waals surface area contributed by atoms with Gasteiger partial charge in [-0.05, 0) is 43.9 Å². The molecule has 0 unspecified atom stereocenters. The Morgan fingerprint density at radius 3 is 2.60 bits per heavy atom. The molecule has 0 saturated heterocycles. The fourth-order valence-corrected chi connectivity index (χ4v) is 3.68. The highest BCUT2D eigenvalue weighted by Gasteiger charge is 2.26. The van der Waals surface area contributed by atoms with Gasteiger partial charge in [0.2, 0.25) is 0 Å². The van der Waals surface area contributed by atoms with E-state index in [9.17, 15) is 4.79 Å². The van der Waals surface area contributed by atoms with Gasteiger partial charge in [-0.3, -0.25) is 0 Å². The molecule has 4 rings (SSSR count). The van der Waals surface area contributed by atoms with E-state index in [1.165, 1.54) is 5.39 Å². The van der Waals surface area contributed by atoms with Crippen molar-refractivity contribution < 1.29 is 9.53 Å². The molecule has 1 aromatic heterocycles. The van der Waals surface area contributed by atoms with Gasteiger partial charge < -0.3 is 9.30 Å². The number of para-hydroxylation sites is 1. The maximum atomic E-state index is 12.4. The second-order valence-electron chi connectivity index (χ2n) is 6.29. The van der Waals surface area contributed by atoms with Crippen LogP contribution in [-0.4, -0.2) is 17.1 Å². The molecule has 0 fully saturated rings. The molecule has 25 heavy (non-hydrogen) atoms. The van der Waals surface area contributed by atoms with Crippen molar-refractivity contribution in [3.63, 3.8) is 0 Å². The van der Waals surface area contributed by atoms with Gasteiger partial charge >= 0.3 is 5.97 Å². The molecule has 0 saturated carbocycles. The minimum absolute atomic E-state index is 0.174. The quantitative estimate of drug-likeness (QED) is 0.610. The Balaban J connectivity index is 1.97. The SMILES string of the molecule is CCOC(=O)C1=C(n2c(-c3ccccc3)cc3ccccc32)CCC1. The molecule has 3 nitrogen and oxygen atoms in total. The molecule has 0 spiro atoms. The summed E-state index contributed by atoms with van der Waals surface area (Å²) in [6, 6.07) is 20.9. The summed E-state index contributed by atoms with van der Waals surface area (Å²) in [6.07, 6.45) is 2.67. The van der Waals surface area contributed by atoms with E-state index in [2.05, 4.69) is 41.0 Å². The topological polar surface area (TPSA) is 31.2 Å². The van der Waals surface area contributed by atoms with Gasteiger partial charge in [0, 0.05) is 11.1 Å². The van der Waals surface area contributed by atoms with Crippen LogP contribution in [-0.2, 0) is 9.53 Å². The maximum Gasteiger partial charge on any atom is 0.335 e. The van der Waals surface area contributed by atoms with Gasteiger partial charge in [-0.15, -0.1) is 0 Å². The number of ether oxygens (including phenoxy) is 1. The molecule has 1 aliphatic rings. The third kappa shape index (κ3) is 2.76. The van der Waals surface area contributed by atoms with Gasteiger partial charge in [-0.25, -0.2) is 4.79 Å². The highest BCUT2D eigenvalue weighted by atomic mass is 16.5. The summed E-state index contributed by atoms with van der Waals surface area (Å²) in [7, 11) is 0. The van der Waals surface area contributed by atoms with Gasteiger partial charge in [-0.1, -0.05) is 48.5 Å². The summed E-state index contributed by atoms with van der Waals surface area (Å²) in [5.74, 6) is -0.174. The Labute approximate surface area is 147 Å². The van der Waals surface area contributed by atoms with Crippen molar-refractivity contribution in [1.82, 2.24) is 4.57 Å². The molecule has 0 radical (unpaired) electrons. The second-order valence-corrected chi connectivity index (χ2v) is 6.29. The minimum atomic E-state index is -0.174. The summed E-state index contributed by atoms with van der Waals surface area (Å²) in [6.45, 7) is 2.27. The van der Waals surface area contributed by atoms with Crippen LogP contribution in [0.2, 0.25) is 0 Å². The zero-order valence-electron chi connectivity index (χ0n) is 14.4. The first-order valence-electron chi connectivity index (χ1n) is 8.85. The first kappa shape index (κ1) is 15.7. The first-order chi connectivity index (χ1) is 12.3. The Hall–Kier alpha value is -2.81. The van der Waals surface area contributed by atoms with Crippen molar-refractivity contribution in [2.24, 2.45) is 0 Å². The molecule has 2 aromatic carbocycles. The van der Waals surface area contributed by atoms with Gasteiger partial charge in [0.1, 0.15) is 0 Å². The van der Waals surface area contributed by atoms with E-state index in [1.807, 2.05) is 31.2 Å². The lowest BCUT2D eigenvalue weighted by molar-refractivity contribution is -0.138. The van der Waals surface area contributed by atoms with Crippen LogP contribution < -0.4 is 0 Å². The summed E-state index contributed by atoms with van der Waals surface area (Å²) >= 11 is 0. The third-order valence-electron chi connectivity index (χ3n) is 4.76. The number of allylic oxidation sites excluding steroid dienone is 1. The Bertz CT molecular complexity index is 951. The second kappa shape index (κ2) is 6.60. The van der Waals surface area contributed by atoms with E-state index in [0.29, 0.717) is 6.61 Å². The molecule has 0 N–H and O–H groups in total. The van der Waals surface area contributed by atoms with E-state index in [4.69, 9.17) is 4.74 Å². The molecule has 1 heterocycles. The molecule has 3 heteroatoms. The smallest absolute Gasteiger partial charge is 0.335 e. The standard InChI is InChI=1S/C22H21NO2/c1-2-25-22(24)18-12-8-14-20(18)23-19-13-7-6-11-17(19)15-21(23)16-9-4-3-5-10-16/h3-7,9-11,13,15H,2,8,12,14H2,1H3. The van der Waals surface area contributed by atoms with Crippen molar-refractivity contribution in [2.45, 2.75) is 26.2 Å². The maximum absolute atomic E-state index is 12.4. The molecule has 0 bridgehead atoms. The predicted octanol–water partition coefficient (Wildman–Crippen LogP) is 5.27. The molecule has 3 aromatic rings. The molecule has 0 aliphatic heterocycles. The van der Waals surface area contributed by atoms with E-state index >= 15 is 0 Å². The van der Waals surface area contributed by atoms with Crippen LogP contribution in [0.25, 0.3) is 27.9 Å². The first-order valence-corrected chi connectivity index (χ1v) is 8.85. The van der Waals surface area contributed by atoms with Crippen LogP contribution in [0.15, 0.2) is 66.2 Å². The zero-order valence-corrected chi connectivity index (χ0v) is 14.4. The number of carbonyl (C=O) groups excluding carboxylic acids is 1. The average Bonchev–Trinajstić information content (AvgIpc) is 3.26. The lowest BCUT2D eigenvalue weighted by Crippen LogP contribution is -2.09. The fraction of sp³-hybridized carbons (Fsp3) is 0.227. The number of esters is 1. The number of fused-ring (bicyclic) bond motifs is 1. The zero-order chi connectivity index (χ0) is 17.2. The molecular weight excluding hydrogens is 310 g/mol. The predicted molar refractivity (Wildman–Crippen MR) is 101 cm³/mol. The Kier molecular flexibility index (Phi) is 4.14. The van der Waals surface area contributed by atoms with Crippen molar-refractivity contribution in [3.05, 3.63) is 66.2 Å². The number of carbonyl (C=O) groups is 1. The number of hydrogen-bond donors (Lipinski definition) is 0. The van der Waals surface area contributed by atoms with E-state index in [-0.39, 0.29) is 5.97 Å². The Morgan fingerprint density at radius 2 is 1.80 bits per heavy atom. The lowest BCUT2D eigenvalue weighted by atomic mass is 10.1. The van der Waals surface area contributed by atoms with Crippen LogP contribution in [0.5, 0.6) is 0 Å². The van der Waals surface area contributed by atoms with Gasteiger partial charge in [0.05, 0.1) is 23.4 Å². The molecular formula is C22H21NO2. The van der Waals surface area contributed by atoms with Gasteiger partial charge in [-0.2, -0.15) is 0 Å². The van der Waals surface area contributed by atoms with E-state index in [1.54, 1.807) is 0 Å². The number of rotatable bonds is 4. The molecule has 126 valence electrons. The van der Waals surface area contributed by atoms with Crippen molar-refractivity contribution in [2.75, 3.05) is 6.61 Å². The fourth-order valence-electron chi connectivity index (χ4n) is 3.68. The molecule has 0 amide bonds. The molecule has 0 atom stereocenters. The minimum Gasteiger partial charge on any atom is -0.463 e. The number of benzene rings is 2. The van der Waals surface area contributed by atoms with Crippen molar-refractivity contribution >= 4 is 22.6 Å². The number of nitrogens with zero attached hydrogens (tertiary/aromatic N) is 1. The van der Waals surface area contributed by atoms with E-state index in [0.717, 1.165) is 47.3 Å². The third-order valence-corrected chi connectivity index (χ3v) is 4.76. The highest BCUT2D eigenvalue weighted by Crippen LogP contribution is 2.38. The normalized spacial score (nSPS) is 14.3. The summed E-state index contributed by atoms with van der Waals surface area (Å²) in [5, 5.41) is 1.18. The van der Waals surface area contributed by atoms with Gasteiger partial charge in [0.15, 0.2) is 0 Å².